The Morgan fingerprint density at radius 2 is 1.24 bits per heavy atom. The largest absolute Gasteiger partial charge is 0.207 e. The van der Waals surface area contributed by atoms with Crippen molar-refractivity contribution in [3.63, 3.8) is 0 Å². The molecule has 2 aliphatic carbocycles. The van der Waals surface area contributed by atoms with E-state index in [4.69, 9.17) is 0 Å². The molecule has 0 bridgehead atoms. The monoisotopic (exact) mass is 396 g/mol. The highest BCUT2D eigenvalue weighted by atomic mass is 19.1. The zero-order valence-corrected chi connectivity index (χ0v) is 17.7. The van der Waals surface area contributed by atoms with Crippen molar-refractivity contribution in [3.05, 3.63) is 59.7 Å². The second-order valence-corrected chi connectivity index (χ2v) is 9.46. The third-order valence-electron chi connectivity index (χ3n) is 7.60. The SMILES string of the molecule is CCCC1CCC(C2CCC(c3ccc(-c4cc(F)cc(F)c4)cc3)CC2)CC1. The lowest BCUT2D eigenvalue weighted by Gasteiger charge is -2.38. The second kappa shape index (κ2) is 9.41. The molecule has 0 aliphatic heterocycles. The molecule has 0 N–H and O–H groups in total. The van der Waals surface area contributed by atoms with Crippen LogP contribution >= 0.6 is 0 Å². The third kappa shape index (κ3) is 5.08. The molecule has 0 atom stereocenters. The third-order valence-corrected chi connectivity index (χ3v) is 7.60. The molecule has 2 fully saturated rings. The van der Waals surface area contributed by atoms with Gasteiger partial charge in [0.05, 0.1) is 0 Å². The molecule has 0 aromatic heterocycles. The summed E-state index contributed by atoms with van der Waals surface area (Å²) in [7, 11) is 0. The van der Waals surface area contributed by atoms with Gasteiger partial charge in [0.2, 0.25) is 0 Å². The lowest BCUT2D eigenvalue weighted by atomic mass is 9.68. The fourth-order valence-corrected chi connectivity index (χ4v) is 5.95. The number of halogens is 2. The molecule has 156 valence electrons. The summed E-state index contributed by atoms with van der Waals surface area (Å²) in [6, 6.07) is 12.1. The molecular weight excluding hydrogens is 362 g/mol. The quantitative estimate of drug-likeness (QED) is 0.475. The Morgan fingerprint density at radius 3 is 1.79 bits per heavy atom. The highest BCUT2D eigenvalue weighted by molar-refractivity contribution is 5.63. The van der Waals surface area contributed by atoms with Gasteiger partial charge in [-0.25, -0.2) is 8.78 Å². The molecule has 4 rings (SSSR count). The van der Waals surface area contributed by atoms with Crippen LogP contribution in [0.1, 0.15) is 82.6 Å². The van der Waals surface area contributed by atoms with Crippen molar-refractivity contribution < 1.29 is 8.78 Å². The van der Waals surface area contributed by atoms with E-state index in [0.29, 0.717) is 11.5 Å². The van der Waals surface area contributed by atoms with Gasteiger partial charge < -0.3 is 0 Å². The van der Waals surface area contributed by atoms with Gasteiger partial charge >= 0.3 is 0 Å². The first-order valence-corrected chi connectivity index (χ1v) is 11.7. The summed E-state index contributed by atoms with van der Waals surface area (Å²) in [6.45, 7) is 2.32. The fraction of sp³-hybridized carbons (Fsp3) is 0.556. The first-order valence-electron chi connectivity index (χ1n) is 11.7. The van der Waals surface area contributed by atoms with Crippen LogP contribution in [-0.2, 0) is 0 Å². The van der Waals surface area contributed by atoms with E-state index in [9.17, 15) is 8.78 Å². The van der Waals surface area contributed by atoms with Crippen LogP contribution < -0.4 is 0 Å². The van der Waals surface area contributed by atoms with Crippen LogP contribution in [-0.4, -0.2) is 0 Å². The van der Waals surface area contributed by atoms with E-state index in [1.807, 2.05) is 12.1 Å². The van der Waals surface area contributed by atoms with Crippen LogP contribution in [0.4, 0.5) is 8.78 Å². The lowest BCUT2D eigenvalue weighted by molar-refractivity contribution is 0.156. The molecule has 0 heterocycles. The minimum absolute atomic E-state index is 0.522. The molecule has 2 aromatic carbocycles. The summed E-state index contributed by atoms with van der Waals surface area (Å²) < 4.78 is 27.0. The van der Waals surface area contributed by atoms with Gasteiger partial charge in [-0.3, -0.25) is 0 Å². The second-order valence-electron chi connectivity index (χ2n) is 9.46. The van der Waals surface area contributed by atoms with E-state index >= 15 is 0 Å². The van der Waals surface area contributed by atoms with Crippen molar-refractivity contribution in [2.45, 2.75) is 77.0 Å². The maximum Gasteiger partial charge on any atom is 0.126 e. The van der Waals surface area contributed by atoms with Crippen molar-refractivity contribution in [1.82, 2.24) is 0 Å². The van der Waals surface area contributed by atoms with Gasteiger partial charge in [-0.2, -0.15) is 0 Å². The molecule has 29 heavy (non-hydrogen) atoms. The van der Waals surface area contributed by atoms with E-state index < -0.39 is 11.6 Å². The molecule has 2 aliphatic rings. The Balaban J connectivity index is 1.32. The first-order chi connectivity index (χ1) is 14.1. The molecule has 2 aromatic rings. The molecule has 0 amide bonds. The first kappa shape index (κ1) is 20.6. The molecule has 0 saturated heterocycles. The maximum atomic E-state index is 13.5. The van der Waals surface area contributed by atoms with Crippen LogP contribution in [0.5, 0.6) is 0 Å². The standard InChI is InChI=1S/C27H34F2/c1-2-3-19-4-6-20(7-5-19)21-8-10-22(11-9-21)23-12-14-24(15-13-23)25-16-26(28)18-27(29)17-25/h12-22H,2-11H2,1H3. The Bertz CT molecular complexity index is 758. The van der Waals surface area contributed by atoms with Gasteiger partial charge in [-0.05, 0) is 91.0 Å². The summed E-state index contributed by atoms with van der Waals surface area (Å²) in [5, 5.41) is 0. The molecule has 2 heteroatoms. The van der Waals surface area contributed by atoms with Crippen molar-refractivity contribution >= 4 is 0 Å². The summed E-state index contributed by atoms with van der Waals surface area (Å²) in [4.78, 5) is 0. The Labute approximate surface area is 174 Å². The molecule has 0 spiro atoms. The molecular formula is C27H34F2. The minimum atomic E-state index is -0.522. The topological polar surface area (TPSA) is 0 Å². The normalized spacial score (nSPS) is 27.7. The minimum Gasteiger partial charge on any atom is -0.207 e. The predicted molar refractivity (Wildman–Crippen MR) is 117 cm³/mol. The average Bonchev–Trinajstić information content (AvgIpc) is 2.74. The number of benzene rings is 2. The Hall–Kier alpha value is -1.70. The van der Waals surface area contributed by atoms with Crippen LogP contribution in [0.2, 0.25) is 0 Å². The predicted octanol–water partition coefficient (Wildman–Crippen LogP) is 8.51. The highest BCUT2D eigenvalue weighted by Gasteiger charge is 2.31. The van der Waals surface area contributed by atoms with Gasteiger partial charge in [0, 0.05) is 6.07 Å². The fourth-order valence-electron chi connectivity index (χ4n) is 5.95. The van der Waals surface area contributed by atoms with E-state index in [2.05, 4.69) is 19.1 Å². The van der Waals surface area contributed by atoms with Gasteiger partial charge in [0.1, 0.15) is 11.6 Å². The van der Waals surface area contributed by atoms with E-state index in [-0.39, 0.29) is 0 Å². The van der Waals surface area contributed by atoms with Crippen LogP contribution in [0, 0.1) is 29.4 Å². The average molecular weight is 397 g/mol. The summed E-state index contributed by atoms with van der Waals surface area (Å²) in [5.74, 6) is 2.49. The molecule has 0 nitrogen and oxygen atoms in total. The smallest absolute Gasteiger partial charge is 0.126 e. The molecule has 0 radical (unpaired) electrons. The van der Waals surface area contributed by atoms with Crippen LogP contribution in [0.3, 0.4) is 0 Å². The molecule has 2 saturated carbocycles. The summed E-state index contributed by atoms with van der Waals surface area (Å²) in [5.41, 5.74) is 2.87. The van der Waals surface area contributed by atoms with Crippen molar-refractivity contribution in [1.29, 1.82) is 0 Å². The van der Waals surface area contributed by atoms with Crippen molar-refractivity contribution in [3.8, 4) is 11.1 Å². The number of hydrogen-bond donors (Lipinski definition) is 0. The Morgan fingerprint density at radius 1 is 0.690 bits per heavy atom. The zero-order chi connectivity index (χ0) is 20.2. The number of rotatable bonds is 5. The Kier molecular flexibility index (Phi) is 6.67. The van der Waals surface area contributed by atoms with Crippen molar-refractivity contribution in [2.24, 2.45) is 17.8 Å². The van der Waals surface area contributed by atoms with Gasteiger partial charge in [0.15, 0.2) is 0 Å². The van der Waals surface area contributed by atoms with Crippen LogP contribution in [0.15, 0.2) is 42.5 Å². The summed E-state index contributed by atoms with van der Waals surface area (Å²) in [6.07, 6.45) is 13.9. The summed E-state index contributed by atoms with van der Waals surface area (Å²) >= 11 is 0. The van der Waals surface area contributed by atoms with E-state index in [1.165, 1.54) is 81.9 Å². The maximum absolute atomic E-state index is 13.5. The number of hydrogen-bond acceptors (Lipinski definition) is 0. The van der Waals surface area contributed by atoms with Gasteiger partial charge in [-0.15, -0.1) is 0 Å². The zero-order valence-electron chi connectivity index (χ0n) is 17.7. The van der Waals surface area contributed by atoms with Gasteiger partial charge in [0.25, 0.3) is 0 Å². The van der Waals surface area contributed by atoms with Crippen LogP contribution in [0.25, 0.3) is 11.1 Å². The van der Waals surface area contributed by atoms with E-state index in [0.717, 1.165) is 29.4 Å². The lowest BCUT2D eigenvalue weighted by Crippen LogP contribution is -2.25. The highest BCUT2D eigenvalue weighted by Crippen LogP contribution is 2.44. The van der Waals surface area contributed by atoms with Crippen molar-refractivity contribution in [2.75, 3.05) is 0 Å². The molecule has 0 unspecified atom stereocenters. The van der Waals surface area contributed by atoms with E-state index in [1.54, 1.807) is 0 Å². The van der Waals surface area contributed by atoms with Gasteiger partial charge in [-0.1, -0.05) is 56.9 Å².